The van der Waals surface area contributed by atoms with E-state index in [9.17, 15) is 0 Å². The van der Waals surface area contributed by atoms with Crippen LogP contribution in [0, 0.1) is 5.92 Å². The van der Waals surface area contributed by atoms with Gasteiger partial charge in [-0.05, 0) is 30.9 Å². The fourth-order valence-corrected chi connectivity index (χ4v) is 2.65. The van der Waals surface area contributed by atoms with Crippen molar-refractivity contribution >= 4 is 11.1 Å². The molecule has 1 aromatic carbocycles. The molecule has 2 aromatic rings. The fraction of sp³-hybridized carbons (Fsp3) is 0.500. The Labute approximate surface area is 95.7 Å². The molecule has 3 rings (SSSR count). The van der Waals surface area contributed by atoms with Crippen molar-refractivity contribution in [1.82, 2.24) is 4.98 Å². The zero-order chi connectivity index (χ0) is 10.8. The first-order valence-corrected chi connectivity index (χ1v) is 6.26. The predicted molar refractivity (Wildman–Crippen MR) is 64.3 cm³/mol. The van der Waals surface area contributed by atoms with E-state index in [0.717, 1.165) is 29.3 Å². The van der Waals surface area contributed by atoms with Crippen molar-refractivity contribution in [2.45, 2.75) is 38.5 Å². The number of nitrogens with zero attached hydrogens (tertiary/aromatic N) is 1. The Morgan fingerprint density at radius 1 is 1.12 bits per heavy atom. The van der Waals surface area contributed by atoms with Gasteiger partial charge in [-0.3, -0.25) is 0 Å². The van der Waals surface area contributed by atoms with Crippen molar-refractivity contribution in [2.75, 3.05) is 0 Å². The summed E-state index contributed by atoms with van der Waals surface area (Å²) in [6.45, 7) is 0. The Bertz CT molecular complexity index is 435. The molecule has 0 spiro atoms. The van der Waals surface area contributed by atoms with Crippen LogP contribution in [0.5, 0.6) is 0 Å². The van der Waals surface area contributed by atoms with Gasteiger partial charge >= 0.3 is 0 Å². The minimum absolute atomic E-state index is 0.793. The molecule has 0 saturated heterocycles. The molecule has 2 nitrogen and oxygen atoms in total. The van der Waals surface area contributed by atoms with E-state index in [2.05, 4.69) is 4.98 Å². The average molecular weight is 215 g/mol. The molecule has 1 aliphatic rings. The van der Waals surface area contributed by atoms with E-state index in [-0.39, 0.29) is 0 Å². The van der Waals surface area contributed by atoms with Gasteiger partial charge in [0.25, 0.3) is 0 Å². The highest BCUT2D eigenvalue weighted by Gasteiger charge is 2.16. The molecule has 1 saturated carbocycles. The molecule has 0 unspecified atom stereocenters. The highest BCUT2D eigenvalue weighted by Crippen LogP contribution is 2.27. The maximum absolute atomic E-state index is 5.76. The molecule has 1 fully saturated rings. The molecule has 16 heavy (non-hydrogen) atoms. The van der Waals surface area contributed by atoms with Gasteiger partial charge in [0.1, 0.15) is 5.52 Å². The summed E-state index contributed by atoms with van der Waals surface area (Å²) in [5, 5.41) is 0. The molecule has 0 radical (unpaired) electrons. The van der Waals surface area contributed by atoms with Crippen molar-refractivity contribution in [1.29, 1.82) is 0 Å². The van der Waals surface area contributed by atoms with Crippen LogP contribution >= 0.6 is 0 Å². The first-order chi connectivity index (χ1) is 7.92. The number of hydrogen-bond donors (Lipinski definition) is 0. The summed E-state index contributed by atoms with van der Waals surface area (Å²) in [4.78, 5) is 4.54. The summed E-state index contributed by atoms with van der Waals surface area (Å²) >= 11 is 0. The van der Waals surface area contributed by atoms with Crippen LogP contribution < -0.4 is 0 Å². The summed E-state index contributed by atoms with van der Waals surface area (Å²) < 4.78 is 5.76. The molecule has 0 atom stereocenters. The molecule has 1 aliphatic carbocycles. The number of benzene rings is 1. The van der Waals surface area contributed by atoms with Gasteiger partial charge in [-0.2, -0.15) is 0 Å². The molecule has 2 heteroatoms. The quantitative estimate of drug-likeness (QED) is 0.758. The molecule has 0 amide bonds. The number of hydrogen-bond acceptors (Lipinski definition) is 2. The Morgan fingerprint density at radius 2 is 1.94 bits per heavy atom. The van der Waals surface area contributed by atoms with Gasteiger partial charge in [-0.25, -0.2) is 4.98 Å². The number of rotatable bonds is 2. The van der Waals surface area contributed by atoms with Crippen molar-refractivity contribution in [2.24, 2.45) is 5.92 Å². The minimum Gasteiger partial charge on any atom is -0.441 e. The summed E-state index contributed by atoms with van der Waals surface area (Å²) in [5.74, 6) is 1.72. The van der Waals surface area contributed by atoms with E-state index >= 15 is 0 Å². The second kappa shape index (κ2) is 4.28. The lowest BCUT2D eigenvalue weighted by Crippen LogP contribution is -2.09. The number of aromatic nitrogens is 1. The zero-order valence-electron chi connectivity index (χ0n) is 9.48. The highest BCUT2D eigenvalue weighted by atomic mass is 16.3. The zero-order valence-corrected chi connectivity index (χ0v) is 9.48. The lowest BCUT2D eigenvalue weighted by atomic mass is 9.87. The van der Waals surface area contributed by atoms with Gasteiger partial charge in [0.15, 0.2) is 11.5 Å². The SMILES string of the molecule is c1ccc2oc(CC3CCCCC3)nc2c1. The van der Waals surface area contributed by atoms with Crippen molar-refractivity contribution in [3.05, 3.63) is 30.2 Å². The number of oxazole rings is 1. The Balaban J connectivity index is 1.78. The summed E-state index contributed by atoms with van der Waals surface area (Å²) in [5.41, 5.74) is 1.92. The van der Waals surface area contributed by atoms with E-state index < -0.39 is 0 Å². The summed E-state index contributed by atoms with van der Waals surface area (Å²) in [6.07, 6.45) is 7.88. The van der Waals surface area contributed by atoms with Crippen LogP contribution in [-0.2, 0) is 6.42 Å². The summed E-state index contributed by atoms with van der Waals surface area (Å²) in [7, 11) is 0. The van der Waals surface area contributed by atoms with Crippen molar-refractivity contribution in [3.63, 3.8) is 0 Å². The maximum atomic E-state index is 5.76. The van der Waals surface area contributed by atoms with Crippen molar-refractivity contribution in [3.8, 4) is 0 Å². The van der Waals surface area contributed by atoms with E-state index in [1.54, 1.807) is 0 Å². The fourth-order valence-electron chi connectivity index (χ4n) is 2.65. The van der Waals surface area contributed by atoms with Crippen LogP contribution in [0.3, 0.4) is 0 Å². The van der Waals surface area contributed by atoms with Crippen LogP contribution in [0.15, 0.2) is 28.7 Å². The van der Waals surface area contributed by atoms with E-state index in [1.165, 1.54) is 32.1 Å². The van der Waals surface area contributed by atoms with Gasteiger partial charge in [0.05, 0.1) is 0 Å². The summed E-state index contributed by atoms with van der Waals surface area (Å²) in [6, 6.07) is 8.02. The first-order valence-electron chi connectivity index (χ1n) is 6.26. The van der Waals surface area contributed by atoms with Crippen LogP contribution in [0.2, 0.25) is 0 Å². The Kier molecular flexibility index (Phi) is 2.65. The van der Waals surface area contributed by atoms with Crippen LogP contribution in [0.1, 0.15) is 38.0 Å². The minimum atomic E-state index is 0.793. The van der Waals surface area contributed by atoms with Gasteiger partial charge < -0.3 is 4.42 Å². The monoisotopic (exact) mass is 215 g/mol. The smallest absolute Gasteiger partial charge is 0.195 e. The second-order valence-electron chi connectivity index (χ2n) is 4.78. The Morgan fingerprint density at radius 3 is 2.75 bits per heavy atom. The lowest BCUT2D eigenvalue weighted by molar-refractivity contribution is 0.332. The van der Waals surface area contributed by atoms with Crippen LogP contribution in [0.4, 0.5) is 0 Å². The second-order valence-corrected chi connectivity index (χ2v) is 4.78. The predicted octanol–water partition coefficient (Wildman–Crippen LogP) is 3.95. The van der Waals surface area contributed by atoms with Crippen molar-refractivity contribution < 1.29 is 4.42 Å². The highest BCUT2D eigenvalue weighted by molar-refractivity contribution is 5.72. The molecule has 1 heterocycles. The van der Waals surface area contributed by atoms with E-state index in [0.29, 0.717) is 0 Å². The molecule has 0 N–H and O–H groups in total. The molecule has 84 valence electrons. The molecular formula is C14H17NO. The lowest BCUT2D eigenvalue weighted by Gasteiger charge is -2.19. The van der Waals surface area contributed by atoms with E-state index in [1.807, 2.05) is 24.3 Å². The van der Waals surface area contributed by atoms with Gasteiger partial charge in [-0.15, -0.1) is 0 Å². The largest absolute Gasteiger partial charge is 0.441 e. The number of para-hydroxylation sites is 2. The van der Waals surface area contributed by atoms with Gasteiger partial charge in [0.2, 0.25) is 0 Å². The average Bonchev–Trinajstić information content (AvgIpc) is 2.72. The maximum Gasteiger partial charge on any atom is 0.195 e. The number of fused-ring (bicyclic) bond motifs is 1. The van der Waals surface area contributed by atoms with E-state index in [4.69, 9.17) is 4.42 Å². The third kappa shape index (κ3) is 1.97. The molecule has 0 aliphatic heterocycles. The van der Waals surface area contributed by atoms with Gasteiger partial charge in [0, 0.05) is 6.42 Å². The standard InChI is InChI=1S/C14H17NO/c1-2-6-11(7-3-1)10-14-15-12-8-4-5-9-13(12)16-14/h4-5,8-9,11H,1-3,6-7,10H2. The third-order valence-electron chi connectivity index (χ3n) is 3.53. The molecular weight excluding hydrogens is 198 g/mol. The Hall–Kier alpha value is -1.31. The molecule has 0 bridgehead atoms. The topological polar surface area (TPSA) is 26.0 Å². The first kappa shape index (κ1) is 9.88. The van der Waals surface area contributed by atoms with Crippen LogP contribution in [0.25, 0.3) is 11.1 Å². The van der Waals surface area contributed by atoms with Gasteiger partial charge in [-0.1, -0.05) is 31.4 Å². The molecule has 1 aromatic heterocycles. The van der Waals surface area contributed by atoms with Crippen LogP contribution in [-0.4, -0.2) is 4.98 Å². The normalized spacial score (nSPS) is 18.0. The third-order valence-corrected chi connectivity index (χ3v) is 3.53.